The van der Waals surface area contributed by atoms with Crippen LogP contribution < -0.4 is 10.2 Å². The summed E-state index contributed by atoms with van der Waals surface area (Å²) in [5.41, 5.74) is 2.18. The molecule has 0 bridgehead atoms. The lowest BCUT2D eigenvalue weighted by molar-refractivity contribution is -0.120. The number of carbonyl (C=O) groups excluding carboxylic acids is 1. The highest BCUT2D eigenvalue weighted by Gasteiger charge is 2.16. The van der Waals surface area contributed by atoms with E-state index in [4.69, 9.17) is 0 Å². The van der Waals surface area contributed by atoms with Crippen molar-refractivity contribution in [3.8, 4) is 0 Å². The van der Waals surface area contributed by atoms with Crippen molar-refractivity contribution in [2.45, 2.75) is 19.4 Å². The third kappa shape index (κ3) is 3.20. The van der Waals surface area contributed by atoms with Crippen LogP contribution in [0.2, 0.25) is 0 Å². The lowest BCUT2D eigenvalue weighted by Gasteiger charge is -2.28. The Balaban J connectivity index is 2.04. The molecule has 1 saturated heterocycles. The van der Waals surface area contributed by atoms with Crippen molar-refractivity contribution < 1.29 is 9.90 Å². The molecule has 1 aliphatic heterocycles. The topological polar surface area (TPSA) is 52.6 Å². The van der Waals surface area contributed by atoms with E-state index in [-0.39, 0.29) is 12.0 Å². The van der Waals surface area contributed by atoms with Crippen LogP contribution in [0.15, 0.2) is 24.3 Å². The van der Waals surface area contributed by atoms with Gasteiger partial charge in [0.15, 0.2) is 0 Å². The minimum Gasteiger partial charge on any atom is -0.393 e. The largest absolute Gasteiger partial charge is 0.393 e. The maximum atomic E-state index is 11.3. The Morgan fingerprint density at radius 1 is 1.41 bits per heavy atom. The Hall–Kier alpha value is -1.55. The summed E-state index contributed by atoms with van der Waals surface area (Å²) >= 11 is 0. The fourth-order valence-electron chi connectivity index (χ4n) is 2.04. The number of rotatable bonds is 3. The molecule has 2 N–H and O–H groups in total. The average Bonchev–Trinajstić information content (AvgIpc) is 2.29. The van der Waals surface area contributed by atoms with E-state index in [0.29, 0.717) is 19.5 Å². The van der Waals surface area contributed by atoms with E-state index in [0.717, 1.165) is 17.8 Å². The van der Waals surface area contributed by atoms with Gasteiger partial charge in [0.05, 0.1) is 12.6 Å². The highest BCUT2D eigenvalue weighted by Crippen LogP contribution is 2.16. The van der Waals surface area contributed by atoms with Crippen LogP contribution in [-0.4, -0.2) is 36.8 Å². The van der Waals surface area contributed by atoms with Gasteiger partial charge in [0.1, 0.15) is 0 Å². The number of nitrogens with one attached hydrogen (secondary N) is 1. The van der Waals surface area contributed by atoms with Crippen LogP contribution >= 0.6 is 0 Å². The quantitative estimate of drug-likeness (QED) is 0.803. The van der Waals surface area contributed by atoms with Gasteiger partial charge < -0.3 is 15.3 Å². The SMILES string of the molecule is CC(O)Cc1ccc(N2CCNC(=O)C2)cc1. The summed E-state index contributed by atoms with van der Waals surface area (Å²) in [5, 5.41) is 12.1. The lowest BCUT2D eigenvalue weighted by Crippen LogP contribution is -2.47. The van der Waals surface area contributed by atoms with E-state index in [1.54, 1.807) is 6.92 Å². The van der Waals surface area contributed by atoms with Crippen LogP contribution in [0.25, 0.3) is 0 Å². The van der Waals surface area contributed by atoms with Crippen LogP contribution in [0.4, 0.5) is 5.69 Å². The molecule has 4 heteroatoms. The van der Waals surface area contributed by atoms with Gasteiger partial charge in [0.2, 0.25) is 5.91 Å². The van der Waals surface area contributed by atoms with E-state index in [1.165, 1.54) is 0 Å². The van der Waals surface area contributed by atoms with Gasteiger partial charge in [-0.2, -0.15) is 0 Å². The molecule has 0 saturated carbocycles. The summed E-state index contributed by atoms with van der Waals surface area (Å²) < 4.78 is 0. The summed E-state index contributed by atoms with van der Waals surface area (Å²) in [5.74, 6) is 0.0734. The maximum absolute atomic E-state index is 11.3. The van der Waals surface area contributed by atoms with Gasteiger partial charge in [0.25, 0.3) is 0 Å². The molecule has 0 aliphatic carbocycles. The maximum Gasteiger partial charge on any atom is 0.239 e. The van der Waals surface area contributed by atoms with Gasteiger partial charge >= 0.3 is 0 Å². The van der Waals surface area contributed by atoms with E-state index in [1.807, 2.05) is 24.3 Å². The summed E-state index contributed by atoms with van der Waals surface area (Å²) in [7, 11) is 0. The van der Waals surface area contributed by atoms with Crippen molar-refractivity contribution in [3.63, 3.8) is 0 Å². The predicted molar refractivity (Wildman–Crippen MR) is 67.0 cm³/mol. The molecule has 1 atom stereocenters. The molecule has 1 aromatic carbocycles. The van der Waals surface area contributed by atoms with Gasteiger partial charge in [-0.1, -0.05) is 12.1 Å². The minimum atomic E-state index is -0.318. The zero-order valence-electron chi connectivity index (χ0n) is 10.0. The molecule has 1 aliphatic rings. The van der Waals surface area contributed by atoms with Crippen molar-refractivity contribution in [2.24, 2.45) is 0 Å². The number of amides is 1. The lowest BCUT2D eigenvalue weighted by atomic mass is 10.1. The molecule has 1 aromatic rings. The first-order valence-corrected chi connectivity index (χ1v) is 5.94. The smallest absolute Gasteiger partial charge is 0.239 e. The highest BCUT2D eigenvalue weighted by molar-refractivity contribution is 5.82. The molecule has 0 spiro atoms. The summed E-state index contributed by atoms with van der Waals surface area (Å²) in [6.45, 7) is 3.76. The zero-order chi connectivity index (χ0) is 12.3. The van der Waals surface area contributed by atoms with Crippen LogP contribution in [0, 0.1) is 0 Å². The number of piperazine rings is 1. The Labute approximate surface area is 101 Å². The highest BCUT2D eigenvalue weighted by atomic mass is 16.3. The number of aliphatic hydroxyl groups is 1. The van der Waals surface area contributed by atoms with Crippen LogP contribution in [0.5, 0.6) is 0 Å². The second-order valence-corrected chi connectivity index (χ2v) is 4.49. The molecule has 1 heterocycles. The number of nitrogens with zero attached hydrogens (tertiary/aromatic N) is 1. The molecule has 1 unspecified atom stereocenters. The van der Waals surface area contributed by atoms with Gasteiger partial charge in [0, 0.05) is 18.8 Å². The van der Waals surface area contributed by atoms with E-state index in [2.05, 4.69) is 10.2 Å². The summed E-state index contributed by atoms with van der Waals surface area (Å²) in [4.78, 5) is 13.3. The Morgan fingerprint density at radius 2 is 2.12 bits per heavy atom. The molecular formula is C13H18N2O2. The molecule has 4 nitrogen and oxygen atoms in total. The third-order valence-corrected chi connectivity index (χ3v) is 2.87. The van der Waals surface area contributed by atoms with Crippen molar-refractivity contribution in [1.29, 1.82) is 0 Å². The molecule has 17 heavy (non-hydrogen) atoms. The first-order chi connectivity index (χ1) is 8.15. The molecule has 0 radical (unpaired) electrons. The Bertz CT molecular complexity index is 387. The second kappa shape index (κ2) is 5.19. The fourth-order valence-corrected chi connectivity index (χ4v) is 2.04. The molecule has 1 fully saturated rings. The monoisotopic (exact) mass is 234 g/mol. The summed E-state index contributed by atoms with van der Waals surface area (Å²) in [6, 6.07) is 8.04. The van der Waals surface area contributed by atoms with Crippen LogP contribution in [0.3, 0.4) is 0 Å². The van der Waals surface area contributed by atoms with Gasteiger partial charge in [-0.3, -0.25) is 4.79 Å². The molecule has 0 aromatic heterocycles. The van der Waals surface area contributed by atoms with Crippen LogP contribution in [-0.2, 0) is 11.2 Å². The van der Waals surface area contributed by atoms with Crippen molar-refractivity contribution >= 4 is 11.6 Å². The van der Waals surface area contributed by atoms with Crippen molar-refractivity contribution in [1.82, 2.24) is 5.32 Å². The average molecular weight is 234 g/mol. The van der Waals surface area contributed by atoms with Gasteiger partial charge in [-0.15, -0.1) is 0 Å². The first kappa shape index (κ1) is 11.9. The third-order valence-electron chi connectivity index (χ3n) is 2.87. The van der Waals surface area contributed by atoms with Gasteiger partial charge in [-0.25, -0.2) is 0 Å². The second-order valence-electron chi connectivity index (χ2n) is 4.49. The number of hydrogen-bond donors (Lipinski definition) is 2. The first-order valence-electron chi connectivity index (χ1n) is 5.94. The summed E-state index contributed by atoms with van der Waals surface area (Å²) in [6.07, 6.45) is 0.349. The zero-order valence-corrected chi connectivity index (χ0v) is 10.0. The Morgan fingerprint density at radius 3 is 2.71 bits per heavy atom. The van der Waals surface area contributed by atoms with Crippen molar-refractivity contribution in [3.05, 3.63) is 29.8 Å². The van der Waals surface area contributed by atoms with Crippen molar-refractivity contribution in [2.75, 3.05) is 24.5 Å². The van der Waals surface area contributed by atoms with Gasteiger partial charge in [-0.05, 0) is 31.0 Å². The minimum absolute atomic E-state index is 0.0734. The number of hydrogen-bond acceptors (Lipinski definition) is 3. The van der Waals surface area contributed by atoms with Crippen LogP contribution in [0.1, 0.15) is 12.5 Å². The van der Waals surface area contributed by atoms with E-state index in [9.17, 15) is 9.90 Å². The molecule has 2 rings (SSSR count). The molecule has 1 amide bonds. The standard InChI is InChI=1S/C13H18N2O2/c1-10(16)8-11-2-4-12(5-3-11)15-7-6-14-13(17)9-15/h2-5,10,16H,6-9H2,1H3,(H,14,17). The number of benzene rings is 1. The molecular weight excluding hydrogens is 216 g/mol. The normalized spacial score (nSPS) is 17.8. The Kier molecular flexibility index (Phi) is 3.64. The molecule has 92 valence electrons. The number of carbonyl (C=O) groups is 1. The van der Waals surface area contributed by atoms with E-state index >= 15 is 0 Å². The predicted octanol–water partition coefficient (Wildman–Crippen LogP) is 0.546. The number of anilines is 1. The van der Waals surface area contributed by atoms with E-state index < -0.39 is 0 Å². The number of aliphatic hydroxyl groups excluding tert-OH is 1. The fraction of sp³-hybridized carbons (Fsp3) is 0.462.